The molecule has 2 aromatic rings. The second-order valence-corrected chi connectivity index (χ2v) is 9.54. The quantitative estimate of drug-likeness (QED) is 0.824. The lowest BCUT2D eigenvalue weighted by Crippen LogP contribution is -2.32. The molecule has 0 atom stereocenters. The Balaban J connectivity index is 1.74. The van der Waals surface area contributed by atoms with Gasteiger partial charge in [0.1, 0.15) is 5.41 Å². The van der Waals surface area contributed by atoms with Crippen molar-refractivity contribution >= 4 is 38.1 Å². The van der Waals surface area contributed by atoms with Crippen molar-refractivity contribution in [2.45, 2.75) is 25.7 Å². The molecule has 0 radical (unpaired) electrons. The highest BCUT2D eigenvalue weighted by Gasteiger charge is 2.41. The van der Waals surface area contributed by atoms with Crippen molar-refractivity contribution in [2.75, 3.05) is 22.9 Å². The zero-order valence-corrected chi connectivity index (χ0v) is 16.7. The zero-order chi connectivity index (χ0) is 19.7. The van der Waals surface area contributed by atoms with Gasteiger partial charge in [0.15, 0.2) is 5.13 Å². The third kappa shape index (κ3) is 3.96. The molecule has 1 aromatic carbocycles. The van der Waals surface area contributed by atoms with Crippen molar-refractivity contribution in [3.63, 3.8) is 0 Å². The molecule has 0 saturated heterocycles. The van der Waals surface area contributed by atoms with Gasteiger partial charge in [0.2, 0.25) is 15.9 Å². The van der Waals surface area contributed by atoms with Crippen molar-refractivity contribution in [1.82, 2.24) is 4.98 Å². The predicted octanol–water partition coefficient (Wildman–Crippen LogP) is 3.23. The van der Waals surface area contributed by atoms with Crippen molar-refractivity contribution in [2.24, 2.45) is 5.41 Å². The zero-order valence-electron chi connectivity index (χ0n) is 15.1. The molecule has 0 bridgehead atoms. The molecule has 1 fully saturated rings. The smallest absolute Gasteiger partial charge is 0.246 e. The normalized spacial score (nSPS) is 15.9. The van der Waals surface area contributed by atoms with Crippen LogP contribution in [0.25, 0.3) is 11.3 Å². The van der Waals surface area contributed by atoms with Gasteiger partial charge < -0.3 is 5.32 Å². The van der Waals surface area contributed by atoms with E-state index in [0.717, 1.165) is 24.7 Å². The number of hydrogen-bond donors (Lipinski definition) is 1. The number of amides is 1. The summed E-state index contributed by atoms with van der Waals surface area (Å²) in [4.78, 5) is 16.9. The predicted molar refractivity (Wildman–Crippen MR) is 106 cm³/mol. The highest BCUT2D eigenvalue weighted by molar-refractivity contribution is 7.92. The molecular weight excluding hydrogens is 384 g/mol. The first kappa shape index (κ1) is 19.3. The molecule has 3 rings (SSSR count). The van der Waals surface area contributed by atoms with Crippen LogP contribution in [0.4, 0.5) is 10.8 Å². The molecule has 27 heavy (non-hydrogen) atoms. The molecule has 0 aliphatic heterocycles. The molecular formula is C18H20N4O3S2. The maximum Gasteiger partial charge on any atom is 0.246 e. The molecule has 1 N–H and O–H groups in total. The van der Waals surface area contributed by atoms with E-state index in [1.807, 2.05) is 5.38 Å². The molecule has 1 aliphatic rings. The number of aromatic nitrogens is 1. The first-order valence-corrected chi connectivity index (χ1v) is 11.2. The fourth-order valence-corrected chi connectivity index (χ4v) is 4.30. The van der Waals surface area contributed by atoms with E-state index >= 15 is 0 Å². The minimum absolute atomic E-state index is 0.284. The van der Waals surface area contributed by atoms with Crippen LogP contribution in [0, 0.1) is 16.7 Å². The standard InChI is InChI=1S/C18H20N4O3S2/c1-22(27(2,24)25)14-7-5-13(6-8-14)15-11-26-17(20-15)21-16(23)18(12-19)9-3-4-10-18/h5-8,11H,3-4,9-10H2,1-2H3,(H,20,21,23). The van der Waals surface area contributed by atoms with Gasteiger partial charge in [-0.25, -0.2) is 13.4 Å². The van der Waals surface area contributed by atoms with Crippen molar-refractivity contribution < 1.29 is 13.2 Å². The summed E-state index contributed by atoms with van der Waals surface area (Å²) in [5.41, 5.74) is 1.11. The number of nitriles is 1. The molecule has 1 saturated carbocycles. The van der Waals surface area contributed by atoms with Gasteiger partial charge in [0.05, 0.1) is 23.7 Å². The lowest BCUT2D eigenvalue weighted by Gasteiger charge is -2.17. The van der Waals surface area contributed by atoms with E-state index in [1.54, 1.807) is 24.3 Å². The van der Waals surface area contributed by atoms with Crippen LogP contribution in [0.2, 0.25) is 0 Å². The SMILES string of the molecule is CN(c1ccc(-c2csc(NC(=O)C3(C#N)CCCC3)n2)cc1)S(C)(=O)=O. The lowest BCUT2D eigenvalue weighted by molar-refractivity contribution is -0.122. The number of hydrogen-bond acceptors (Lipinski definition) is 6. The molecule has 0 spiro atoms. The summed E-state index contributed by atoms with van der Waals surface area (Å²) in [6.45, 7) is 0. The van der Waals surface area contributed by atoms with Gasteiger partial charge in [-0.2, -0.15) is 5.26 Å². The van der Waals surface area contributed by atoms with E-state index in [1.165, 1.54) is 22.7 Å². The summed E-state index contributed by atoms with van der Waals surface area (Å²) in [5.74, 6) is -0.284. The second-order valence-electron chi connectivity index (χ2n) is 6.67. The molecule has 1 aromatic heterocycles. The average molecular weight is 405 g/mol. The first-order valence-electron chi connectivity index (χ1n) is 8.48. The Morgan fingerprint density at radius 1 is 1.30 bits per heavy atom. The maximum atomic E-state index is 12.5. The Kier molecular flexibility index (Phi) is 5.22. The Morgan fingerprint density at radius 3 is 2.48 bits per heavy atom. The van der Waals surface area contributed by atoms with Gasteiger partial charge in [0, 0.05) is 18.0 Å². The van der Waals surface area contributed by atoms with Gasteiger partial charge in [-0.1, -0.05) is 25.0 Å². The Labute approximate surface area is 162 Å². The van der Waals surface area contributed by atoms with Crippen LogP contribution in [0.3, 0.4) is 0 Å². The molecule has 1 amide bonds. The van der Waals surface area contributed by atoms with Gasteiger partial charge in [-0.05, 0) is 25.0 Å². The average Bonchev–Trinajstić information content (AvgIpc) is 3.30. The van der Waals surface area contributed by atoms with Gasteiger partial charge in [-0.3, -0.25) is 9.10 Å². The third-order valence-electron chi connectivity index (χ3n) is 4.85. The lowest BCUT2D eigenvalue weighted by atomic mass is 9.87. The number of sulfonamides is 1. The fraction of sp³-hybridized carbons (Fsp3) is 0.389. The summed E-state index contributed by atoms with van der Waals surface area (Å²) in [6, 6.07) is 9.15. The fourth-order valence-electron chi connectivity index (χ4n) is 3.08. The molecule has 7 nitrogen and oxygen atoms in total. The van der Waals surface area contributed by atoms with E-state index in [-0.39, 0.29) is 5.91 Å². The van der Waals surface area contributed by atoms with Crippen molar-refractivity contribution in [1.29, 1.82) is 5.26 Å². The van der Waals surface area contributed by atoms with Gasteiger partial charge >= 0.3 is 0 Å². The Hall–Kier alpha value is -2.44. The molecule has 0 unspecified atom stereocenters. The number of nitrogens with zero attached hydrogens (tertiary/aromatic N) is 3. The third-order valence-corrected chi connectivity index (χ3v) is 6.82. The topological polar surface area (TPSA) is 103 Å². The van der Waals surface area contributed by atoms with Crippen LogP contribution in [-0.4, -0.2) is 32.6 Å². The largest absolute Gasteiger partial charge is 0.301 e. The number of benzene rings is 1. The van der Waals surface area contributed by atoms with E-state index in [2.05, 4.69) is 16.4 Å². The van der Waals surface area contributed by atoms with Crippen LogP contribution in [0.1, 0.15) is 25.7 Å². The summed E-state index contributed by atoms with van der Waals surface area (Å²) in [7, 11) is -1.82. The summed E-state index contributed by atoms with van der Waals surface area (Å²) < 4.78 is 24.4. The summed E-state index contributed by atoms with van der Waals surface area (Å²) in [5, 5.41) is 14.4. The van der Waals surface area contributed by atoms with Gasteiger partial charge in [-0.15, -0.1) is 11.3 Å². The maximum absolute atomic E-state index is 12.5. The van der Waals surface area contributed by atoms with E-state index in [9.17, 15) is 18.5 Å². The number of carbonyl (C=O) groups is 1. The van der Waals surface area contributed by atoms with E-state index < -0.39 is 15.4 Å². The minimum Gasteiger partial charge on any atom is -0.301 e. The highest BCUT2D eigenvalue weighted by atomic mass is 32.2. The van der Waals surface area contributed by atoms with Crippen LogP contribution in [0.5, 0.6) is 0 Å². The number of thiazole rings is 1. The monoisotopic (exact) mass is 404 g/mol. The Morgan fingerprint density at radius 2 is 1.93 bits per heavy atom. The number of nitrogens with one attached hydrogen (secondary N) is 1. The van der Waals surface area contributed by atoms with Crippen LogP contribution >= 0.6 is 11.3 Å². The number of carbonyl (C=O) groups excluding carboxylic acids is 1. The van der Waals surface area contributed by atoms with Crippen LogP contribution in [-0.2, 0) is 14.8 Å². The number of anilines is 2. The molecule has 1 heterocycles. The minimum atomic E-state index is -3.31. The van der Waals surface area contributed by atoms with E-state index in [0.29, 0.717) is 29.4 Å². The summed E-state index contributed by atoms with van der Waals surface area (Å²) in [6.07, 6.45) is 4.09. The van der Waals surface area contributed by atoms with Crippen LogP contribution < -0.4 is 9.62 Å². The molecule has 1 aliphatic carbocycles. The van der Waals surface area contributed by atoms with Crippen molar-refractivity contribution in [3.05, 3.63) is 29.6 Å². The summed E-state index contributed by atoms with van der Waals surface area (Å²) >= 11 is 1.30. The van der Waals surface area contributed by atoms with Crippen LogP contribution in [0.15, 0.2) is 29.6 Å². The van der Waals surface area contributed by atoms with Gasteiger partial charge in [0.25, 0.3) is 0 Å². The highest BCUT2D eigenvalue weighted by Crippen LogP contribution is 2.39. The van der Waals surface area contributed by atoms with E-state index in [4.69, 9.17) is 0 Å². The van der Waals surface area contributed by atoms with Crippen molar-refractivity contribution in [3.8, 4) is 17.3 Å². The first-order chi connectivity index (χ1) is 12.7. The molecule has 9 heteroatoms. The Bertz CT molecular complexity index is 984. The number of rotatable bonds is 5. The second kappa shape index (κ2) is 7.29. The molecule has 142 valence electrons.